The summed E-state index contributed by atoms with van der Waals surface area (Å²) in [6.45, 7) is 2.42. The summed E-state index contributed by atoms with van der Waals surface area (Å²) in [5, 5.41) is 3.89. The molecule has 1 amide bonds. The fraction of sp³-hybridized carbons (Fsp3) is 0.214. The number of ether oxygens (including phenoxy) is 1. The average molecular weight is 340 g/mol. The number of carbonyl (C=O) groups is 1. The molecule has 8 heteroatoms. The Morgan fingerprint density at radius 2 is 1.95 bits per heavy atom. The second-order valence-corrected chi connectivity index (χ2v) is 6.88. The zero-order valence-electron chi connectivity index (χ0n) is 12.1. The maximum atomic E-state index is 12.3. The summed E-state index contributed by atoms with van der Waals surface area (Å²) in [4.78, 5) is 11.9. The van der Waals surface area contributed by atoms with Crippen LogP contribution in [0.3, 0.4) is 0 Å². The second-order valence-electron chi connectivity index (χ2n) is 4.29. The van der Waals surface area contributed by atoms with Crippen LogP contribution in [0.25, 0.3) is 0 Å². The van der Waals surface area contributed by atoms with E-state index in [1.807, 2.05) is 6.92 Å². The van der Waals surface area contributed by atoms with Crippen LogP contribution in [-0.4, -0.2) is 28.0 Å². The molecular formula is C14H16N2O4S2. The lowest BCUT2D eigenvalue weighted by molar-refractivity contribution is 0.0967. The molecule has 2 aromatic rings. The molecule has 1 aromatic heterocycles. The van der Waals surface area contributed by atoms with Crippen LogP contribution in [0.4, 0.5) is 5.69 Å². The molecule has 118 valence electrons. The van der Waals surface area contributed by atoms with Crippen LogP contribution >= 0.6 is 11.3 Å². The van der Waals surface area contributed by atoms with Gasteiger partial charge in [0.15, 0.2) is 0 Å². The van der Waals surface area contributed by atoms with Gasteiger partial charge in [0.2, 0.25) is 0 Å². The highest BCUT2D eigenvalue weighted by Crippen LogP contribution is 2.23. The number of benzene rings is 1. The normalized spacial score (nSPS) is 11.0. The van der Waals surface area contributed by atoms with E-state index in [1.165, 1.54) is 18.5 Å². The highest BCUT2D eigenvalue weighted by molar-refractivity contribution is 7.92. The lowest BCUT2D eigenvalue weighted by Crippen LogP contribution is -2.16. The molecule has 0 radical (unpaired) electrons. The van der Waals surface area contributed by atoms with Gasteiger partial charge in [0.05, 0.1) is 16.4 Å². The van der Waals surface area contributed by atoms with E-state index in [-0.39, 0.29) is 10.8 Å². The number of thiophene rings is 1. The van der Waals surface area contributed by atoms with Crippen LogP contribution in [0.1, 0.15) is 16.6 Å². The molecule has 2 N–H and O–H groups in total. The van der Waals surface area contributed by atoms with Crippen molar-refractivity contribution in [3.05, 3.63) is 40.6 Å². The fourth-order valence-electron chi connectivity index (χ4n) is 1.70. The van der Waals surface area contributed by atoms with Crippen molar-refractivity contribution < 1.29 is 17.9 Å². The lowest BCUT2D eigenvalue weighted by atomic mass is 10.3. The number of hydrogen-bond donors (Lipinski definition) is 2. The highest BCUT2D eigenvalue weighted by Gasteiger charge is 2.18. The Balaban J connectivity index is 2.16. The Labute approximate surface area is 133 Å². The van der Waals surface area contributed by atoms with Crippen molar-refractivity contribution in [1.29, 1.82) is 0 Å². The molecule has 2 rings (SSSR count). The summed E-state index contributed by atoms with van der Waals surface area (Å²) in [7, 11) is -2.23. The van der Waals surface area contributed by atoms with Crippen molar-refractivity contribution in [2.45, 2.75) is 11.8 Å². The zero-order valence-corrected chi connectivity index (χ0v) is 13.8. The number of nitrogens with one attached hydrogen (secondary N) is 2. The number of rotatable bonds is 6. The molecule has 0 spiro atoms. The summed E-state index contributed by atoms with van der Waals surface area (Å²) in [6.07, 6.45) is 0. The van der Waals surface area contributed by atoms with Crippen molar-refractivity contribution in [1.82, 2.24) is 5.32 Å². The molecule has 0 aliphatic carbocycles. The van der Waals surface area contributed by atoms with Gasteiger partial charge < -0.3 is 10.1 Å². The number of hydrogen-bond acceptors (Lipinski definition) is 5. The molecule has 6 nitrogen and oxygen atoms in total. The maximum absolute atomic E-state index is 12.3. The van der Waals surface area contributed by atoms with Gasteiger partial charge in [-0.2, -0.15) is 0 Å². The summed E-state index contributed by atoms with van der Waals surface area (Å²) in [5.74, 6) is 0.357. The van der Waals surface area contributed by atoms with Gasteiger partial charge in [0, 0.05) is 18.1 Å². The van der Waals surface area contributed by atoms with Gasteiger partial charge >= 0.3 is 0 Å². The Kier molecular flexibility index (Phi) is 5.04. The third kappa shape index (κ3) is 3.77. The zero-order chi connectivity index (χ0) is 16.2. The SMILES string of the molecule is CCOc1ccc(NS(=O)(=O)c2csc(C(=O)NC)c2)cc1. The van der Waals surface area contributed by atoms with Gasteiger partial charge in [0.25, 0.3) is 15.9 Å². The largest absolute Gasteiger partial charge is 0.494 e. The first-order valence-electron chi connectivity index (χ1n) is 6.52. The molecule has 0 aliphatic rings. The molecule has 0 bridgehead atoms. The quantitative estimate of drug-likeness (QED) is 0.845. The van der Waals surface area contributed by atoms with Gasteiger partial charge in [-0.25, -0.2) is 8.42 Å². The van der Waals surface area contributed by atoms with E-state index in [4.69, 9.17) is 4.74 Å². The van der Waals surface area contributed by atoms with Crippen molar-refractivity contribution >= 4 is 33.0 Å². The lowest BCUT2D eigenvalue weighted by Gasteiger charge is -2.08. The summed E-state index contributed by atoms with van der Waals surface area (Å²) < 4.78 is 32.3. The number of carbonyl (C=O) groups excluding carboxylic acids is 1. The minimum Gasteiger partial charge on any atom is -0.494 e. The smallest absolute Gasteiger partial charge is 0.262 e. The number of anilines is 1. The van der Waals surface area contributed by atoms with E-state index < -0.39 is 10.0 Å². The Morgan fingerprint density at radius 3 is 2.55 bits per heavy atom. The van der Waals surface area contributed by atoms with Gasteiger partial charge in [-0.3, -0.25) is 9.52 Å². The van der Waals surface area contributed by atoms with Gasteiger partial charge in [-0.15, -0.1) is 11.3 Å². The van der Waals surface area contributed by atoms with Gasteiger partial charge in [-0.1, -0.05) is 0 Å². The van der Waals surface area contributed by atoms with Crippen molar-refractivity contribution in [2.24, 2.45) is 0 Å². The fourth-order valence-corrected chi connectivity index (χ4v) is 3.98. The molecule has 0 saturated carbocycles. The van der Waals surface area contributed by atoms with Crippen LogP contribution in [-0.2, 0) is 10.0 Å². The number of amides is 1. The first kappa shape index (κ1) is 16.3. The minimum absolute atomic E-state index is 0.0602. The molecule has 1 aromatic carbocycles. The summed E-state index contributed by atoms with van der Waals surface area (Å²) in [6, 6.07) is 7.96. The van der Waals surface area contributed by atoms with Gasteiger partial charge in [0.1, 0.15) is 5.75 Å². The van der Waals surface area contributed by atoms with Gasteiger partial charge in [-0.05, 0) is 37.3 Å². The molecule has 0 unspecified atom stereocenters. The maximum Gasteiger partial charge on any atom is 0.262 e. The predicted molar refractivity (Wildman–Crippen MR) is 86.1 cm³/mol. The van der Waals surface area contributed by atoms with Crippen molar-refractivity contribution in [3.8, 4) is 5.75 Å². The van der Waals surface area contributed by atoms with Crippen LogP contribution in [0.5, 0.6) is 5.75 Å². The number of sulfonamides is 1. The molecule has 0 fully saturated rings. The van der Waals surface area contributed by atoms with Crippen LogP contribution < -0.4 is 14.8 Å². The molecule has 0 aliphatic heterocycles. The third-order valence-corrected chi connectivity index (χ3v) is 5.19. The Hall–Kier alpha value is -2.06. The average Bonchev–Trinajstić information content (AvgIpc) is 2.99. The molecule has 0 atom stereocenters. The Bertz CT molecular complexity index is 751. The second kappa shape index (κ2) is 6.80. The Morgan fingerprint density at radius 1 is 1.27 bits per heavy atom. The van der Waals surface area contributed by atoms with Crippen LogP contribution in [0.15, 0.2) is 40.6 Å². The summed E-state index contributed by atoms with van der Waals surface area (Å²) >= 11 is 1.08. The van der Waals surface area contributed by atoms with E-state index in [9.17, 15) is 13.2 Å². The molecule has 22 heavy (non-hydrogen) atoms. The van der Waals surface area contributed by atoms with E-state index in [2.05, 4.69) is 10.0 Å². The van der Waals surface area contributed by atoms with E-state index in [1.54, 1.807) is 24.3 Å². The topological polar surface area (TPSA) is 84.5 Å². The third-order valence-electron chi connectivity index (χ3n) is 2.75. The molecular weight excluding hydrogens is 324 g/mol. The minimum atomic E-state index is -3.72. The molecule has 1 heterocycles. The van der Waals surface area contributed by atoms with E-state index in [0.29, 0.717) is 22.9 Å². The standard InChI is InChI=1S/C14H16N2O4S2/c1-3-20-11-6-4-10(5-7-11)16-22(18,19)12-8-13(21-9-12)14(17)15-2/h4-9,16H,3H2,1-2H3,(H,15,17). The monoisotopic (exact) mass is 340 g/mol. The molecule has 0 saturated heterocycles. The van der Waals surface area contributed by atoms with E-state index in [0.717, 1.165) is 11.3 Å². The predicted octanol–water partition coefficient (Wildman–Crippen LogP) is 2.31. The first-order valence-corrected chi connectivity index (χ1v) is 8.89. The van der Waals surface area contributed by atoms with Crippen LogP contribution in [0.2, 0.25) is 0 Å². The first-order chi connectivity index (χ1) is 10.5. The van der Waals surface area contributed by atoms with Crippen LogP contribution in [0, 0.1) is 0 Å². The van der Waals surface area contributed by atoms with Crippen molar-refractivity contribution in [3.63, 3.8) is 0 Å². The summed E-state index contributed by atoms with van der Waals surface area (Å²) in [5.41, 5.74) is 0.427. The van der Waals surface area contributed by atoms with Crippen molar-refractivity contribution in [2.75, 3.05) is 18.4 Å². The van der Waals surface area contributed by atoms with E-state index >= 15 is 0 Å². The highest BCUT2D eigenvalue weighted by atomic mass is 32.2.